The molecule has 1 atom stereocenters. The molecule has 2 heterocycles. The summed E-state index contributed by atoms with van der Waals surface area (Å²) in [6.07, 6.45) is 2.44. The van der Waals surface area contributed by atoms with Crippen molar-refractivity contribution in [1.29, 1.82) is 0 Å². The third kappa shape index (κ3) is 3.79. The molecule has 0 bridgehead atoms. The molecule has 0 amide bonds. The van der Waals surface area contributed by atoms with Crippen molar-refractivity contribution >= 4 is 0 Å². The number of hydrogen-bond donors (Lipinski definition) is 1. The van der Waals surface area contributed by atoms with E-state index in [1.807, 2.05) is 0 Å². The third-order valence-corrected chi connectivity index (χ3v) is 3.39. The van der Waals surface area contributed by atoms with E-state index >= 15 is 0 Å². The normalized spacial score (nSPS) is 22.4. The average Bonchev–Trinajstić information content (AvgIpc) is 2.54. The highest BCUT2D eigenvalue weighted by Gasteiger charge is 2.16. The molecule has 0 spiro atoms. The zero-order valence-electron chi connectivity index (χ0n) is 10.9. The summed E-state index contributed by atoms with van der Waals surface area (Å²) < 4.78 is 0. The lowest BCUT2D eigenvalue weighted by molar-refractivity contribution is 0.254. The van der Waals surface area contributed by atoms with E-state index in [1.54, 1.807) is 0 Å². The Morgan fingerprint density at radius 3 is 3.12 bits per heavy atom. The summed E-state index contributed by atoms with van der Waals surface area (Å²) in [6.45, 7) is 8.77. The maximum atomic E-state index is 4.59. The van der Waals surface area contributed by atoms with Gasteiger partial charge in [0.25, 0.3) is 0 Å². The Labute approximate surface area is 104 Å². The van der Waals surface area contributed by atoms with Crippen molar-refractivity contribution < 1.29 is 0 Å². The molecule has 3 nitrogen and oxygen atoms in total. The van der Waals surface area contributed by atoms with Crippen LogP contribution in [0.5, 0.6) is 0 Å². The van der Waals surface area contributed by atoms with Crippen LogP contribution in [-0.2, 0) is 6.54 Å². The summed E-state index contributed by atoms with van der Waals surface area (Å²) >= 11 is 0. The second-order valence-corrected chi connectivity index (χ2v) is 4.92. The topological polar surface area (TPSA) is 28.2 Å². The number of aryl methyl sites for hydroxylation is 1. The molecular formula is C14H23N3. The number of nitrogens with one attached hydrogen (secondary N) is 1. The van der Waals surface area contributed by atoms with Gasteiger partial charge in [-0.3, -0.25) is 9.88 Å². The molecule has 1 N–H and O–H groups in total. The van der Waals surface area contributed by atoms with E-state index in [0.717, 1.165) is 25.3 Å². The first-order valence-electron chi connectivity index (χ1n) is 6.66. The molecule has 1 aliphatic rings. The van der Waals surface area contributed by atoms with Crippen molar-refractivity contribution in [3.8, 4) is 0 Å². The van der Waals surface area contributed by atoms with Gasteiger partial charge in [-0.05, 0) is 45.0 Å². The molecule has 0 radical (unpaired) electrons. The van der Waals surface area contributed by atoms with Crippen LogP contribution >= 0.6 is 0 Å². The standard InChI is InChI=1S/C14H23N3/c1-3-13-10-17(9-5-8-15-13)11-14-7-4-6-12(2)16-14/h4,6-7,13,15H,3,5,8-11H2,1-2H3. The second kappa shape index (κ2) is 6.12. The van der Waals surface area contributed by atoms with Gasteiger partial charge < -0.3 is 5.32 Å². The van der Waals surface area contributed by atoms with Gasteiger partial charge in [0.05, 0.1) is 5.69 Å². The maximum absolute atomic E-state index is 4.59. The van der Waals surface area contributed by atoms with Gasteiger partial charge in [0.1, 0.15) is 0 Å². The van der Waals surface area contributed by atoms with Gasteiger partial charge in [-0.1, -0.05) is 13.0 Å². The fourth-order valence-electron chi connectivity index (χ4n) is 2.41. The van der Waals surface area contributed by atoms with Gasteiger partial charge in [0, 0.05) is 24.8 Å². The fourth-order valence-corrected chi connectivity index (χ4v) is 2.41. The van der Waals surface area contributed by atoms with E-state index in [1.165, 1.54) is 25.1 Å². The molecule has 17 heavy (non-hydrogen) atoms. The van der Waals surface area contributed by atoms with Crippen molar-refractivity contribution in [2.24, 2.45) is 0 Å². The summed E-state index contributed by atoms with van der Waals surface area (Å²) in [5, 5.41) is 3.60. The molecule has 1 aliphatic heterocycles. The van der Waals surface area contributed by atoms with E-state index in [2.05, 4.69) is 47.2 Å². The number of nitrogens with zero attached hydrogens (tertiary/aromatic N) is 2. The predicted molar refractivity (Wildman–Crippen MR) is 70.9 cm³/mol. The smallest absolute Gasteiger partial charge is 0.0547 e. The van der Waals surface area contributed by atoms with Crippen LogP contribution in [-0.4, -0.2) is 35.6 Å². The monoisotopic (exact) mass is 233 g/mol. The van der Waals surface area contributed by atoms with Gasteiger partial charge in [0.2, 0.25) is 0 Å². The molecule has 2 rings (SSSR count). The van der Waals surface area contributed by atoms with E-state index in [0.29, 0.717) is 6.04 Å². The average molecular weight is 233 g/mol. The minimum absolute atomic E-state index is 0.641. The van der Waals surface area contributed by atoms with Crippen molar-refractivity contribution in [3.63, 3.8) is 0 Å². The number of aromatic nitrogens is 1. The third-order valence-electron chi connectivity index (χ3n) is 3.39. The summed E-state index contributed by atoms with van der Waals surface area (Å²) in [5.74, 6) is 0. The minimum Gasteiger partial charge on any atom is -0.313 e. The van der Waals surface area contributed by atoms with Crippen molar-refractivity contribution in [3.05, 3.63) is 29.6 Å². The number of pyridine rings is 1. The van der Waals surface area contributed by atoms with Crippen LogP contribution in [0, 0.1) is 6.92 Å². The molecule has 94 valence electrons. The molecular weight excluding hydrogens is 210 g/mol. The largest absolute Gasteiger partial charge is 0.313 e. The van der Waals surface area contributed by atoms with Crippen molar-refractivity contribution in [2.45, 2.75) is 39.3 Å². The molecule has 3 heteroatoms. The Hall–Kier alpha value is -0.930. The lowest BCUT2D eigenvalue weighted by Crippen LogP contribution is -2.36. The molecule has 0 aliphatic carbocycles. The van der Waals surface area contributed by atoms with Crippen LogP contribution in [0.15, 0.2) is 18.2 Å². The molecule has 0 saturated carbocycles. The van der Waals surface area contributed by atoms with Crippen LogP contribution in [0.3, 0.4) is 0 Å². The molecule has 1 aromatic heterocycles. The Morgan fingerprint density at radius 1 is 1.47 bits per heavy atom. The van der Waals surface area contributed by atoms with Gasteiger partial charge in [-0.25, -0.2) is 0 Å². The molecule has 0 aromatic carbocycles. The van der Waals surface area contributed by atoms with E-state index < -0.39 is 0 Å². The number of rotatable bonds is 3. The lowest BCUT2D eigenvalue weighted by Gasteiger charge is -2.23. The molecule has 1 fully saturated rings. The van der Waals surface area contributed by atoms with Gasteiger partial charge in [0.15, 0.2) is 0 Å². The predicted octanol–water partition coefficient (Wildman–Crippen LogP) is 1.96. The first-order valence-corrected chi connectivity index (χ1v) is 6.66. The molecule has 1 saturated heterocycles. The molecule has 1 unspecified atom stereocenters. The van der Waals surface area contributed by atoms with E-state index in [4.69, 9.17) is 0 Å². The van der Waals surface area contributed by atoms with E-state index in [-0.39, 0.29) is 0 Å². The Bertz CT molecular complexity index is 351. The van der Waals surface area contributed by atoms with Crippen molar-refractivity contribution in [1.82, 2.24) is 15.2 Å². The molecule has 1 aromatic rings. The summed E-state index contributed by atoms with van der Waals surface area (Å²) in [5.41, 5.74) is 2.31. The highest BCUT2D eigenvalue weighted by atomic mass is 15.2. The second-order valence-electron chi connectivity index (χ2n) is 4.92. The Kier molecular flexibility index (Phi) is 4.51. The van der Waals surface area contributed by atoms with Crippen LogP contribution in [0.25, 0.3) is 0 Å². The Balaban J connectivity index is 1.97. The lowest BCUT2D eigenvalue weighted by atomic mass is 10.2. The SMILES string of the molecule is CCC1CN(Cc2cccc(C)n2)CCCN1. The quantitative estimate of drug-likeness (QED) is 0.865. The minimum atomic E-state index is 0.641. The highest BCUT2D eigenvalue weighted by Crippen LogP contribution is 2.08. The summed E-state index contributed by atoms with van der Waals surface area (Å²) in [4.78, 5) is 7.11. The zero-order chi connectivity index (χ0) is 12.1. The van der Waals surface area contributed by atoms with Crippen LogP contribution < -0.4 is 5.32 Å². The van der Waals surface area contributed by atoms with Crippen LogP contribution in [0.4, 0.5) is 0 Å². The van der Waals surface area contributed by atoms with Crippen LogP contribution in [0.2, 0.25) is 0 Å². The van der Waals surface area contributed by atoms with E-state index in [9.17, 15) is 0 Å². The van der Waals surface area contributed by atoms with Crippen molar-refractivity contribution in [2.75, 3.05) is 19.6 Å². The Morgan fingerprint density at radius 2 is 2.35 bits per heavy atom. The maximum Gasteiger partial charge on any atom is 0.0547 e. The van der Waals surface area contributed by atoms with Gasteiger partial charge in [-0.15, -0.1) is 0 Å². The number of hydrogen-bond acceptors (Lipinski definition) is 3. The van der Waals surface area contributed by atoms with Gasteiger partial charge >= 0.3 is 0 Å². The zero-order valence-corrected chi connectivity index (χ0v) is 10.9. The first-order chi connectivity index (χ1) is 8.28. The summed E-state index contributed by atoms with van der Waals surface area (Å²) in [6, 6.07) is 6.93. The fraction of sp³-hybridized carbons (Fsp3) is 0.643. The van der Waals surface area contributed by atoms with Gasteiger partial charge in [-0.2, -0.15) is 0 Å². The first kappa shape index (κ1) is 12.5. The summed E-state index contributed by atoms with van der Waals surface area (Å²) in [7, 11) is 0. The highest BCUT2D eigenvalue weighted by molar-refractivity contribution is 5.09. The van der Waals surface area contributed by atoms with Crippen LogP contribution in [0.1, 0.15) is 31.2 Å².